The summed E-state index contributed by atoms with van der Waals surface area (Å²) in [6, 6.07) is 4.88. The maximum Gasteiger partial charge on any atom is 0.307 e. The molecule has 0 aliphatic carbocycles. The van der Waals surface area contributed by atoms with Crippen molar-refractivity contribution in [2.75, 3.05) is 11.1 Å². The van der Waals surface area contributed by atoms with Gasteiger partial charge < -0.3 is 15.6 Å². The van der Waals surface area contributed by atoms with Crippen LogP contribution in [-0.4, -0.2) is 10.5 Å². The lowest BCUT2D eigenvalue weighted by atomic mass is 10.2. The summed E-state index contributed by atoms with van der Waals surface area (Å²) in [7, 11) is 0. The van der Waals surface area contributed by atoms with Gasteiger partial charge in [0.25, 0.3) is 0 Å². The van der Waals surface area contributed by atoms with Gasteiger partial charge in [0.05, 0.1) is 11.4 Å². The minimum atomic E-state index is -0.198. The zero-order valence-corrected chi connectivity index (χ0v) is 12.4. The fourth-order valence-electron chi connectivity index (χ4n) is 1.75. The van der Waals surface area contributed by atoms with Crippen molar-refractivity contribution in [2.45, 2.75) is 19.9 Å². The molecule has 1 heterocycles. The number of halogens is 1. The van der Waals surface area contributed by atoms with Gasteiger partial charge in [-0.1, -0.05) is 22.9 Å². The number of benzene rings is 1. The molecular formula is C13H14ClN3O2S. The largest absolute Gasteiger partial charge is 0.397 e. The lowest BCUT2D eigenvalue weighted by molar-refractivity contribution is -0.116. The van der Waals surface area contributed by atoms with Gasteiger partial charge in [0.15, 0.2) is 0 Å². The van der Waals surface area contributed by atoms with Crippen LogP contribution in [-0.2, 0) is 11.3 Å². The van der Waals surface area contributed by atoms with E-state index in [1.165, 1.54) is 0 Å². The summed E-state index contributed by atoms with van der Waals surface area (Å²) in [4.78, 5) is 23.3. The number of anilines is 2. The Labute approximate surface area is 125 Å². The van der Waals surface area contributed by atoms with Crippen LogP contribution in [0.5, 0.6) is 0 Å². The molecule has 0 bridgehead atoms. The zero-order chi connectivity index (χ0) is 14.7. The van der Waals surface area contributed by atoms with Crippen molar-refractivity contribution in [3.8, 4) is 0 Å². The van der Waals surface area contributed by atoms with Crippen LogP contribution in [0, 0.1) is 6.92 Å². The molecule has 0 aliphatic heterocycles. The molecule has 0 saturated carbocycles. The average Bonchev–Trinajstić information content (AvgIpc) is 2.70. The summed E-state index contributed by atoms with van der Waals surface area (Å²) < 4.78 is 1.58. The monoisotopic (exact) mass is 311 g/mol. The SMILES string of the molecule is Cc1csc(=O)n1CCC(=O)Nc1ccc(Cl)cc1N. The van der Waals surface area contributed by atoms with E-state index in [2.05, 4.69) is 5.32 Å². The van der Waals surface area contributed by atoms with E-state index in [0.717, 1.165) is 17.0 Å². The summed E-state index contributed by atoms with van der Waals surface area (Å²) in [5.41, 5.74) is 7.55. The number of nitrogens with zero attached hydrogens (tertiary/aromatic N) is 1. The summed E-state index contributed by atoms with van der Waals surface area (Å²) in [6.07, 6.45) is 0.208. The molecule has 2 aromatic rings. The third-order valence-corrected chi connectivity index (χ3v) is 3.94. The first kappa shape index (κ1) is 14.6. The number of amides is 1. The van der Waals surface area contributed by atoms with E-state index in [-0.39, 0.29) is 17.2 Å². The van der Waals surface area contributed by atoms with E-state index in [1.54, 1.807) is 28.1 Å². The van der Waals surface area contributed by atoms with Crippen LogP contribution in [0.2, 0.25) is 5.02 Å². The van der Waals surface area contributed by atoms with Crippen molar-refractivity contribution >= 4 is 40.2 Å². The second kappa shape index (κ2) is 6.11. The van der Waals surface area contributed by atoms with Gasteiger partial charge in [-0.05, 0) is 25.1 Å². The van der Waals surface area contributed by atoms with E-state index >= 15 is 0 Å². The standard InChI is InChI=1S/C13H14ClN3O2S/c1-8-7-20-13(19)17(8)5-4-12(18)16-11-3-2-9(14)6-10(11)15/h2-3,6-7H,4-5,15H2,1H3,(H,16,18). The molecule has 0 fully saturated rings. The number of nitrogen functional groups attached to an aromatic ring is 1. The molecule has 1 aromatic heterocycles. The van der Waals surface area contributed by atoms with Gasteiger partial charge in [-0.2, -0.15) is 0 Å². The number of hydrogen-bond donors (Lipinski definition) is 2. The van der Waals surface area contributed by atoms with E-state index in [4.69, 9.17) is 17.3 Å². The smallest absolute Gasteiger partial charge is 0.307 e. The highest BCUT2D eigenvalue weighted by Gasteiger charge is 2.08. The summed E-state index contributed by atoms with van der Waals surface area (Å²) in [5, 5.41) is 4.99. The van der Waals surface area contributed by atoms with Crippen molar-refractivity contribution < 1.29 is 4.79 Å². The molecule has 0 aliphatic rings. The number of carbonyl (C=O) groups is 1. The predicted molar refractivity (Wildman–Crippen MR) is 82.4 cm³/mol. The summed E-state index contributed by atoms with van der Waals surface area (Å²) in [5.74, 6) is -0.198. The van der Waals surface area contributed by atoms with Crippen LogP contribution in [0.4, 0.5) is 11.4 Å². The first-order valence-electron chi connectivity index (χ1n) is 5.97. The fourth-order valence-corrected chi connectivity index (χ4v) is 2.69. The lowest BCUT2D eigenvalue weighted by Crippen LogP contribution is -2.20. The summed E-state index contributed by atoms with van der Waals surface area (Å²) in [6.45, 7) is 2.19. The van der Waals surface area contributed by atoms with Crippen LogP contribution in [0.25, 0.3) is 0 Å². The Hall–Kier alpha value is -1.79. The van der Waals surface area contributed by atoms with Crippen LogP contribution in [0.3, 0.4) is 0 Å². The van der Waals surface area contributed by atoms with Crippen molar-refractivity contribution in [3.05, 3.63) is 44.0 Å². The van der Waals surface area contributed by atoms with Crippen molar-refractivity contribution in [1.82, 2.24) is 4.57 Å². The van der Waals surface area contributed by atoms with Gasteiger partial charge in [0, 0.05) is 29.1 Å². The predicted octanol–water partition coefficient (Wildman–Crippen LogP) is 2.48. The Kier molecular flexibility index (Phi) is 4.46. The van der Waals surface area contributed by atoms with Gasteiger partial charge in [-0.3, -0.25) is 9.59 Å². The lowest BCUT2D eigenvalue weighted by Gasteiger charge is -2.09. The third kappa shape index (κ3) is 3.40. The first-order valence-corrected chi connectivity index (χ1v) is 7.23. The normalized spacial score (nSPS) is 10.5. The number of aryl methyl sites for hydroxylation is 1. The Morgan fingerprint density at radius 3 is 2.85 bits per heavy atom. The van der Waals surface area contributed by atoms with Crippen molar-refractivity contribution in [2.24, 2.45) is 0 Å². The maximum absolute atomic E-state index is 11.9. The van der Waals surface area contributed by atoms with Gasteiger partial charge >= 0.3 is 4.87 Å². The van der Waals surface area contributed by atoms with Crippen LogP contribution in [0.1, 0.15) is 12.1 Å². The molecule has 7 heteroatoms. The van der Waals surface area contributed by atoms with Gasteiger partial charge in [-0.15, -0.1) is 0 Å². The summed E-state index contributed by atoms with van der Waals surface area (Å²) >= 11 is 6.92. The molecular weight excluding hydrogens is 298 g/mol. The zero-order valence-electron chi connectivity index (χ0n) is 10.9. The second-order valence-corrected chi connectivity index (χ2v) is 5.58. The highest BCUT2D eigenvalue weighted by atomic mass is 35.5. The van der Waals surface area contributed by atoms with Gasteiger partial charge in [-0.25, -0.2) is 0 Å². The van der Waals surface area contributed by atoms with E-state index in [1.807, 2.05) is 6.92 Å². The molecule has 5 nitrogen and oxygen atoms in total. The Morgan fingerprint density at radius 1 is 1.50 bits per heavy atom. The quantitative estimate of drug-likeness (QED) is 0.852. The van der Waals surface area contributed by atoms with Crippen LogP contribution in [0.15, 0.2) is 28.4 Å². The van der Waals surface area contributed by atoms with E-state index < -0.39 is 0 Å². The molecule has 2 rings (SSSR count). The highest BCUT2D eigenvalue weighted by Crippen LogP contribution is 2.22. The van der Waals surface area contributed by atoms with Crippen LogP contribution < -0.4 is 15.9 Å². The molecule has 106 valence electrons. The molecule has 3 N–H and O–H groups in total. The molecule has 0 radical (unpaired) electrons. The maximum atomic E-state index is 11.9. The number of aromatic nitrogens is 1. The number of thiazole rings is 1. The number of hydrogen-bond acceptors (Lipinski definition) is 4. The number of nitrogens with one attached hydrogen (secondary N) is 1. The average molecular weight is 312 g/mol. The number of nitrogens with two attached hydrogens (primary N) is 1. The molecule has 20 heavy (non-hydrogen) atoms. The van der Waals surface area contributed by atoms with Crippen molar-refractivity contribution in [1.29, 1.82) is 0 Å². The molecule has 1 amide bonds. The number of carbonyl (C=O) groups excluding carboxylic acids is 1. The van der Waals surface area contributed by atoms with E-state index in [9.17, 15) is 9.59 Å². The molecule has 1 aromatic carbocycles. The van der Waals surface area contributed by atoms with E-state index in [0.29, 0.717) is 22.9 Å². The Balaban J connectivity index is 1.98. The molecule has 0 saturated heterocycles. The molecule has 0 unspecified atom stereocenters. The number of rotatable bonds is 4. The molecule has 0 atom stereocenters. The highest BCUT2D eigenvalue weighted by molar-refractivity contribution is 7.07. The molecule has 0 spiro atoms. The van der Waals surface area contributed by atoms with Gasteiger partial charge in [0.1, 0.15) is 0 Å². The van der Waals surface area contributed by atoms with Crippen LogP contribution >= 0.6 is 22.9 Å². The third-order valence-electron chi connectivity index (χ3n) is 2.83. The minimum Gasteiger partial charge on any atom is -0.397 e. The minimum absolute atomic E-state index is 0.0543. The Bertz CT molecular complexity index is 693. The van der Waals surface area contributed by atoms with Gasteiger partial charge in [0.2, 0.25) is 5.91 Å². The fraction of sp³-hybridized carbons (Fsp3) is 0.231. The first-order chi connectivity index (χ1) is 9.47. The second-order valence-electron chi connectivity index (χ2n) is 4.32. The Morgan fingerprint density at radius 2 is 2.25 bits per heavy atom. The van der Waals surface area contributed by atoms with Crippen molar-refractivity contribution in [3.63, 3.8) is 0 Å². The topological polar surface area (TPSA) is 77.1 Å².